The van der Waals surface area contributed by atoms with E-state index in [-0.39, 0.29) is 24.5 Å². The number of halogens is 3. The highest BCUT2D eigenvalue weighted by Gasteiger charge is 2.32. The molecule has 1 aromatic heterocycles. The molecule has 0 saturated heterocycles. The smallest absolute Gasteiger partial charge is 0.416 e. The Kier molecular flexibility index (Phi) is 4.88. The Morgan fingerprint density at radius 3 is 2.47 bits per heavy atom. The van der Waals surface area contributed by atoms with Gasteiger partial charge in [-0.1, -0.05) is 0 Å². The van der Waals surface area contributed by atoms with Crippen molar-refractivity contribution < 1.29 is 22.7 Å². The summed E-state index contributed by atoms with van der Waals surface area (Å²) < 4.78 is 42.9. The molecular weight excluding hydrogens is 261 g/mol. The quantitative estimate of drug-likeness (QED) is 0.792. The highest BCUT2D eigenvalue weighted by atomic mass is 19.4. The molecule has 1 rings (SSSR count). The van der Waals surface area contributed by atoms with Crippen molar-refractivity contribution in [2.75, 3.05) is 20.7 Å². The van der Waals surface area contributed by atoms with Crippen molar-refractivity contribution in [3.8, 4) is 0 Å². The molecule has 4 nitrogen and oxygen atoms in total. The Morgan fingerprint density at radius 1 is 1.37 bits per heavy atom. The Morgan fingerprint density at radius 2 is 2.00 bits per heavy atom. The van der Waals surface area contributed by atoms with Gasteiger partial charge < -0.3 is 9.64 Å². The number of pyridine rings is 1. The summed E-state index contributed by atoms with van der Waals surface area (Å²) in [5.41, 5.74) is -1.06. The van der Waals surface area contributed by atoms with Crippen molar-refractivity contribution in [2.24, 2.45) is 0 Å². The number of carbonyl (C=O) groups is 1. The van der Waals surface area contributed by atoms with E-state index >= 15 is 0 Å². The first-order chi connectivity index (χ1) is 8.74. The van der Waals surface area contributed by atoms with Crippen LogP contribution < -0.4 is 0 Å². The average Bonchev–Trinajstić information content (AvgIpc) is 2.26. The van der Waals surface area contributed by atoms with Crippen LogP contribution in [-0.4, -0.2) is 36.6 Å². The molecule has 0 radical (unpaired) electrons. The van der Waals surface area contributed by atoms with Gasteiger partial charge in [0.25, 0.3) is 0 Å². The molecule has 106 valence electrons. The highest BCUT2D eigenvalue weighted by Crippen LogP contribution is 2.30. The molecule has 0 fully saturated rings. The maximum absolute atomic E-state index is 12.7. The van der Waals surface area contributed by atoms with Gasteiger partial charge in [-0.25, -0.2) is 9.78 Å². The fraction of sp³-hybridized carbons (Fsp3) is 0.500. The number of rotatable bonds is 4. The van der Waals surface area contributed by atoms with E-state index in [1.165, 1.54) is 0 Å². The van der Waals surface area contributed by atoms with Gasteiger partial charge in [0.05, 0.1) is 17.9 Å². The van der Waals surface area contributed by atoms with E-state index in [4.69, 9.17) is 0 Å². The second-order valence-electron chi connectivity index (χ2n) is 4.19. The Labute approximate surface area is 109 Å². The molecule has 0 N–H and O–H groups in total. The Hall–Kier alpha value is -1.63. The minimum Gasteiger partial charge on any atom is -0.461 e. The van der Waals surface area contributed by atoms with Crippen LogP contribution in [-0.2, 0) is 17.5 Å². The number of aromatic nitrogens is 1. The predicted molar refractivity (Wildman–Crippen MR) is 62.6 cm³/mol. The number of hydrogen-bond acceptors (Lipinski definition) is 4. The minimum absolute atomic E-state index is 0.0831. The van der Waals surface area contributed by atoms with Crippen molar-refractivity contribution in [3.05, 3.63) is 29.1 Å². The van der Waals surface area contributed by atoms with Crippen LogP contribution in [0.25, 0.3) is 0 Å². The van der Waals surface area contributed by atoms with Gasteiger partial charge in [0.15, 0.2) is 0 Å². The van der Waals surface area contributed by atoms with Crippen molar-refractivity contribution in [3.63, 3.8) is 0 Å². The molecule has 7 heteroatoms. The highest BCUT2D eigenvalue weighted by molar-refractivity contribution is 5.87. The fourth-order valence-electron chi connectivity index (χ4n) is 1.47. The monoisotopic (exact) mass is 276 g/mol. The summed E-state index contributed by atoms with van der Waals surface area (Å²) in [6.45, 7) is 1.86. The topological polar surface area (TPSA) is 42.4 Å². The van der Waals surface area contributed by atoms with Crippen LogP contribution in [0.1, 0.15) is 28.7 Å². The van der Waals surface area contributed by atoms with E-state index in [2.05, 4.69) is 9.72 Å². The van der Waals surface area contributed by atoms with Gasteiger partial charge in [-0.05, 0) is 33.2 Å². The van der Waals surface area contributed by atoms with Crippen LogP contribution in [0.2, 0.25) is 0 Å². The normalized spacial score (nSPS) is 11.7. The Balaban J connectivity index is 3.20. The first-order valence-corrected chi connectivity index (χ1v) is 5.64. The Bertz CT molecular complexity index is 459. The van der Waals surface area contributed by atoms with Crippen molar-refractivity contribution >= 4 is 5.97 Å². The van der Waals surface area contributed by atoms with Gasteiger partial charge >= 0.3 is 12.1 Å². The molecular formula is C12H15F3N2O2. The van der Waals surface area contributed by atoms with E-state index < -0.39 is 17.7 Å². The van der Waals surface area contributed by atoms with Crippen LogP contribution in [0.3, 0.4) is 0 Å². The molecule has 0 aliphatic carbocycles. The lowest BCUT2D eigenvalue weighted by Crippen LogP contribution is -2.17. The summed E-state index contributed by atoms with van der Waals surface area (Å²) in [6.07, 6.45) is -4.52. The molecule has 0 aromatic carbocycles. The van der Waals surface area contributed by atoms with Gasteiger partial charge in [-0.15, -0.1) is 0 Å². The molecule has 1 heterocycles. The first kappa shape index (κ1) is 15.4. The lowest BCUT2D eigenvalue weighted by molar-refractivity contribution is -0.137. The largest absolute Gasteiger partial charge is 0.461 e. The molecule has 1 aromatic rings. The van der Waals surface area contributed by atoms with Crippen molar-refractivity contribution in [1.82, 2.24) is 9.88 Å². The van der Waals surface area contributed by atoms with Crippen LogP contribution in [0.15, 0.2) is 12.1 Å². The van der Waals surface area contributed by atoms with Gasteiger partial charge in [-0.3, -0.25) is 0 Å². The summed E-state index contributed by atoms with van der Waals surface area (Å²) in [5, 5.41) is 0. The molecule has 0 atom stereocenters. The van der Waals surface area contributed by atoms with Gasteiger partial charge in [0.1, 0.15) is 5.69 Å². The summed E-state index contributed by atoms with van der Waals surface area (Å²) in [4.78, 5) is 17.0. The van der Waals surface area contributed by atoms with Crippen molar-refractivity contribution in [2.45, 2.75) is 19.6 Å². The third-order valence-electron chi connectivity index (χ3n) is 2.17. The summed E-state index contributed by atoms with van der Waals surface area (Å²) >= 11 is 0. The van der Waals surface area contributed by atoms with E-state index in [9.17, 15) is 18.0 Å². The summed E-state index contributed by atoms with van der Waals surface area (Å²) in [6, 6.07) is 1.64. The second kappa shape index (κ2) is 6.01. The third-order valence-corrected chi connectivity index (χ3v) is 2.17. The molecule has 0 amide bonds. The van der Waals surface area contributed by atoms with Gasteiger partial charge in [0.2, 0.25) is 0 Å². The molecule has 0 spiro atoms. The lowest BCUT2D eigenvalue weighted by atomic mass is 10.1. The number of ether oxygens (including phenoxy) is 1. The maximum Gasteiger partial charge on any atom is 0.416 e. The standard InChI is InChI=1S/C12H15F3N2O2/c1-4-19-11(18)10-6-8(12(13,14)15)5-9(16-10)7-17(2)3/h5-6H,4,7H2,1-3H3. The van der Waals surface area contributed by atoms with E-state index in [1.807, 2.05) is 0 Å². The molecule has 19 heavy (non-hydrogen) atoms. The van der Waals surface area contributed by atoms with Crippen molar-refractivity contribution in [1.29, 1.82) is 0 Å². The van der Waals surface area contributed by atoms with E-state index in [1.54, 1.807) is 25.9 Å². The van der Waals surface area contributed by atoms with Crippen LogP contribution in [0.4, 0.5) is 13.2 Å². The predicted octanol–water partition coefficient (Wildman–Crippen LogP) is 2.34. The zero-order chi connectivity index (χ0) is 14.6. The molecule has 0 saturated carbocycles. The van der Waals surface area contributed by atoms with Gasteiger partial charge in [0, 0.05) is 6.54 Å². The van der Waals surface area contributed by atoms with Gasteiger partial charge in [-0.2, -0.15) is 13.2 Å². The minimum atomic E-state index is -4.52. The fourth-order valence-corrected chi connectivity index (χ4v) is 1.47. The number of carbonyl (C=O) groups excluding carboxylic acids is 1. The number of hydrogen-bond donors (Lipinski definition) is 0. The summed E-state index contributed by atoms with van der Waals surface area (Å²) in [7, 11) is 3.40. The number of esters is 1. The average molecular weight is 276 g/mol. The maximum atomic E-state index is 12.7. The van der Waals surface area contributed by atoms with Crippen LogP contribution in [0, 0.1) is 0 Å². The van der Waals surface area contributed by atoms with Crippen LogP contribution >= 0.6 is 0 Å². The van der Waals surface area contributed by atoms with E-state index in [0.717, 1.165) is 6.07 Å². The molecule has 0 aliphatic heterocycles. The third kappa shape index (κ3) is 4.51. The molecule has 0 unspecified atom stereocenters. The summed E-state index contributed by atoms with van der Waals surface area (Å²) in [5.74, 6) is -0.853. The molecule has 0 aliphatic rings. The van der Waals surface area contributed by atoms with Crippen LogP contribution in [0.5, 0.6) is 0 Å². The number of alkyl halides is 3. The molecule has 0 bridgehead atoms. The number of nitrogens with zero attached hydrogens (tertiary/aromatic N) is 2. The second-order valence-corrected chi connectivity index (χ2v) is 4.19. The zero-order valence-electron chi connectivity index (χ0n) is 10.9. The SMILES string of the molecule is CCOC(=O)c1cc(C(F)(F)F)cc(CN(C)C)n1. The zero-order valence-corrected chi connectivity index (χ0v) is 10.9. The lowest BCUT2D eigenvalue weighted by Gasteiger charge is -2.13. The van der Waals surface area contributed by atoms with E-state index in [0.29, 0.717) is 6.07 Å². The first-order valence-electron chi connectivity index (χ1n) is 5.64.